The monoisotopic (exact) mass is 323 g/mol. The molecule has 0 saturated carbocycles. The molecule has 0 amide bonds. The van der Waals surface area contributed by atoms with Gasteiger partial charge in [0.15, 0.2) is 6.61 Å². The second kappa shape index (κ2) is 6.58. The highest BCUT2D eigenvalue weighted by atomic mass is 16.5. The molecule has 0 fully saturated rings. The second-order valence-electron chi connectivity index (χ2n) is 5.37. The fourth-order valence-electron chi connectivity index (χ4n) is 2.67. The molecule has 122 valence electrons. The zero-order valence-corrected chi connectivity index (χ0v) is 13.5. The predicted molar refractivity (Wildman–Crippen MR) is 90.5 cm³/mol. The van der Waals surface area contributed by atoms with Crippen molar-refractivity contribution >= 4 is 22.7 Å². The van der Waals surface area contributed by atoms with Crippen LogP contribution in [0.4, 0.5) is 0 Å². The Kier molecular flexibility index (Phi) is 4.33. The molecule has 5 nitrogen and oxygen atoms in total. The molecule has 0 N–H and O–H groups in total. The van der Waals surface area contributed by atoms with Crippen LogP contribution < -0.4 is 4.74 Å². The van der Waals surface area contributed by atoms with Crippen LogP contribution in [0.2, 0.25) is 0 Å². The van der Waals surface area contributed by atoms with Gasteiger partial charge in [-0.2, -0.15) is 0 Å². The Balaban J connectivity index is 1.76. The molecule has 0 aliphatic rings. The van der Waals surface area contributed by atoms with Crippen molar-refractivity contribution in [1.82, 2.24) is 4.57 Å². The molecule has 24 heavy (non-hydrogen) atoms. The smallest absolute Gasteiger partial charge is 0.340 e. The van der Waals surface area contributed by atoms with Gasteiger partial charge in [-0.25, -0.2) is 4.79 Å². The van der Waals surface area contributed by atoms with Gasteiger partial charge in [0.1, 0.15) is 5.75 Å². The van der Waals surface area contributed by atoms with E-state index >= 15 is 0 Å². The number of rotatable bonds is 5. The van der Waals surface area contributed by atoms with Crippen molar-refractivity contribution in [3.05, 3.63) is 65.9 Å². The van der Waals surface area contributed by atoms with Crippen LogP contribution in [0.3, 0.4) is 0 Å². The minimum Gasteiger partial charge on any atom is -0.496 e. The van der Waals surface area contributed by atoms with Crippen LogP contribution in [0.25, 0.3) is 10.9 Å². The Bertz CT molecular complexity index is 911. The highest BCUT2D eigenvalue weighted by Crippen LogP contribution is 2.22. The lowest BCUT2D eigenvalue weighted by Crippen LogP contribution is -2.14. The first-order valence-corrected chi connectivity index (χ1v) is 7.49. The normalized spacial score (nSPS) is 10.6. The van der Waals surface area contributed by atoms with E-state index in [-0.39, 0.29) is 12.4 Å². The number of Topliss-reactive ketones (excluding diaryl/α,β-unsaturated/α-hetero) is 1. The van der Waals surface area contributed by atoms with Gasteiger partial charge < -0.3 is 14.0 Å². The molecule has 0 spiro atoms. The molecule has 1 heterocycles. The Morgan fingerprint density at radius 2 is 1.71 bits per heavy atom. The number of carbonyl (C=O) groups excluding carboxylic acids is 2. The van der Waals surface area contributed by atoms with Crippen molar-refractivity contribution in [2.24, 2.45) is 7.05 Å². The summed E-state index contributed by atoms with van der Waals surface area (Å²) in [5.41, 5.74) is 1.77. The van der Waals surface area contributed by atoms with E-state index in [0.717, 1.165) is 10.9 Å². The zero-order valence-electron chi connectivity index (χ0n) is 13.5. The summed E-state index contributed by atoms with van der Waals surface area (Å²) in [5, 5.41) is 0.801. The van der Waals surface area contributed by atoms with E-state index < -0.39 is 5.97 Å². The van der Waals surface area contributed by atoms with Gasteiger partial charge in [0, 0.05) is 24.1 Å². The summed E-state index contributed by atoms with van der Waals surface area (Å²) in [4.78, 5) is 24.6. The van der Waals surface area contributed by atoms with Crippen molar-refractivity contribution in [3.8, 4) is 5.75 Å². The Morgan fingerprint density at radius 3 is 2.50 bits per heavy atom. The lowest BCUT2D eigenvalue weighted by molar-refractivity contribution is 0.0475. The molecular weight excluding hydrogens is 306 g/mol. The number of ether oxygens (including phenoxy) is 2. The number of ketones is 1. The average Bonchev–Trinajstić information content (AvgIpc) is 2.96. The number of nitrogens with zero attached hydrogens (tertiary/aromatic N) is 1. The number of fused-ring (bicyclic) bond motifs is 1. The van der Waals surface area contributed by atoms with E-state index in [9.17, 15) is 9.59 Å². The first-order chi connectivity index (χ1) is 11.6. The summed E-state index contributed by atoms with van der Waals surface area (Å²) in [6.45, 7) is -0.331. The number of para-hydroxylation sites is 2. The van der Waals surface area contributed by atoms with Gasteiger partial charge in [-0.15, -0.1) is 0 Å². The quantitative estimate of drug-likeness (QED) is 0.534. The second-order valence-corrected chi connectivity index (χ2v) is 5.37. The number of benzene rings is 2. The maximum atomic E-state index is 12.3. The van der Waals surface area contributed by atoms with Gasteiger partial charge in [0.2, 0.25) is 5.78 Å². The van der Waals surface area contributed by atoms with Gasteiger partial charge in [0.25, 0.3) is 0 Å². The van der Waals surface area contributed by atoms with Crippen LogP contribution in [-0.4, -0.2) is 30.0 Å². The van der Waals surface area contributed by atoms with Crippen molar-refractivity contribution in [2.45, 2.75) is 0 Å². The molecule has 3 aromatic rings. The predicted octanol–water partition coefficient (Wildman–Crippen LogP) is 3.23. The largest absolute Gasteiger partial charge is 0.496 e. The minimum atomic E-state index is -0.518. The van der Waals surface area contributed by atoms with Gasteiger partial charge in [-0.05, 0) is 18.2 Å². The highest BCUT2D eigenvalue weighted by Gasteiger charge is 2.18. The van der Waals surface area contributed by atoms with E-state index in [2.05, 4.69) is 0 Å². The minimum absolute atomic E-state index is 0.305. The summed E-state index contributed by atoms with van der Waals surface area (Å²) in [7, 11) is 3.35. The topological polar surface area (TPSA) is 57.5 Å². The SMILES string of the molecule is COc1ccccc1C(=O)COC(=O)c1cn(C)c2ccccc12. The van der Waals surface area contributed by atoms with Gasteiger partial charge in [0.05, 0.1) is 18.2 Å². The molecular formula is C19H17NO4. The van der Waals surface area contributed by atoms with Crippen LogP contribution >= 0.6 is 0 Å². The Labute approximate surface area is 139 Å². The van der Waals surface area contributed by atoms with E-state index in [0.29, 0.717) is 16.9 Å². The number of methoxy groups -OCH3 is 1. The summed E-state index contributed by atoms with van der Waals surface area (Å²) in [6.07, 6.45) is 1.71. The Morgan fingerprint density at radius 1 is 1.00 bits per heavy atom. The van der Waals surface area contributed by atoms with Crippen LogP contribution in [-0.2, 0) is 11.8 Å². The number of hydrogen-bond acceptors (Lipinski definition) is 4. The van der Waals surface area contributed by atoms with E-state index in [1.165, 1.54) is 7.11 Å². The molecule has 0 bridgehead atoms. The molecule has 0 radical (unpaired) electrons. The molecule has 2 aromatic carbocycles. The molecule has 1 aromatic heterocycles. The third kappa shape index (κ3) is 2.88. The average molecular weight is 323 g/mol. The van der Waals surface area contributed by atoms with Crippen molar-refractivity contribution in [2.75, 3.05) is 13.7 Å². The zero-order chi connectivity index (χ0) is 17.1. The third-order valence-electron chi connectivity index (χ3n) is 3.86. The first-order valence-electron chi connectivity index (χ1n) is 7.49. The van der Waals surface area contributed by atoms with E-state index in [4.69, 9.17) is 9.47 Å². The lowest BCUT2D eigenvalue weighted by Gasteiger charge is -2.07. The summed E-state index contributed by atoms with van der Waals surface area (Å²) in [6, 6.07) is 14.4. The van der Waals surface area contributed by atoms with Crippen LogP contribution in [0.1, 0.15) is 20.7 Å². The fraction of sp³-hybridized carbons (Fsp3) is 0.158. The molecule has 3 rings (SSSR count). The standard InChI is InChI=1S/C19H17NO4/c1-20-11-15(13-7-3-5-9-16(13)20)19(22)24-12-17(21)14-8-4-6-10-18(14)23-2/h3-11H,12H2,1-2H3. The van der Waals surface area contributed by atoms with Crippen molar-refractivity contribution in [1.29, 1.82) is 0 Å². The van der Waals surface area contributed by atoms with Gasteiger partial charge >= 0.3 is 5.97 Å². The summed E-state index contributed by atoms with van der Waals surface area (Å²) >= 11 is 0. The molecule has 0 aliphatic carbocycles. The van der Waals surface area contributed by atoms with Crippen LogP contribution in [0.15, 0.2) is 54.7 Å². The summed E-state index contributed by atoms with van der Waals surface area (Å²) < 4.78 is 12.2. The van der Waals surface area contributed by atoms with E-state index in [1.807, 2.05) is 35.9 Å². The van der Waals surface area contributed by atoms with Crippen molar-refractivity contribution in [3.63, 3.8) is 0 Å². The maximum Gasteiger partial charge on any atom is 0.340 e. The van der Waals surface area contributed by atoms with Gasteiger partial charge in [-0.3, -0.25) is 4.79 Å². The maximum absolute atomic E-state index is 12.3. The molecule has 0 saturated heterocycles. The summed E-state index contributed by atoms with van der Waals surface area (Å²) in [5.74, 6) is -0.361. The molecule has 5 heteroatoms. The molecule has 0 atom stereocenters. The van der Waals surface area contributed by atoms with Crippen molar-refractivity contribution < 1.29 is 19.1 Å². The van der Waals surface area contributed by atoms with Crippen LogP contribution in [0.5, 0.6) is 5.75 Å². The number of carbonyl (C=O) groups is 2. The molecule has 0 unspecified atom stereocenters. The third-order valence-corrected chi connectivity index (χ3v) is 3.86. The number of aryl methyl sites for hydroxylation is 1. The Hall–Kier alpha value is -3.08. The number of hydrogen-bond donors (Lipinski definition) is 0. The van der Waals surface area contributed by atoms with E-state index in [1.54, 1.807) is 30.5 Å². The number of aromatic nitrogens is 1. The van der Waals surface area contributed by atoms with Gasteiger partial charge in [-0.1, -0.05) is 30.3 Å². The van der Waals surface area contributed by atoms with Crippen LogP contribution in [0, 0.1) is 0 Å². The highest BCUT2D eigenvalue weighted by molar-refractivity contribution is 6.06. The molecule has 0 aliphatic heterocycles. The number of esters is 1. The fourth-order valence-corrected chi connectivity index (χ4v) is 2.67. The first kappa shape index (κ1) is 15.8. The lowest BCUT2D eigenvalue weighted by atomic mass is 10.1.